The fourth-order valence-electron chi connectivity index (χ4n) is 3.59. The summed E-state index contributed by atoms with van der Waals surface area (Å²) in [5.74, 6) is -2.87. The molecule has 0 amide bonds. The highest BCUT2D eigenvalue weighted by Crippen LogP contribution is 2.40. The predicted octanol–water partition coefficient (Wildman–Crippen LogP) is 0.0710. The van der Waals surface area contributed by atoms with Crippen LogP contribution in [0.5, 0.6) is 0 Å². The van der Waals surface area contributed by atoms with Crippen molar-refractivity contribution in [1.82, 2.24) is 0 Å². The van der Waals surface area contributed by atoms with Gasteiger partial charge >= 0.3 is 23.9 Å². The Morgan fingerprint density at radius 3 is 2.28 bits per heavy atom. The zero-order chi connectivity index (χ0) is 24.1. The molecule has 0 spiro atoms. The van der Waals surface area contributed by atoms with Gasteiger partial charge < -0.3 is 33.2 Å². The van der Waals surface area contributed by atoms with E-state index in [1.54, 1.807) is 6.92 Å². The summed E-state index contributed by atoms with van der Waals surface area (Å²) in [4.78, 5) is 51.8. The lowest BCUT2D eigenvalue weighted by atomic mass is 9.84. The summed E-state index contributed by atoms with van der Waals surface area (Å²) in [6.07, 6.45) is -2.39. The molecule has 5 atom stereocenters. The summed E-state index contributed by atoms with van der Waals surface area (Å²) in [5.41, 5.74) is -1.29. The average Bonchev–Trinajstić information content (AvgIpc) is 3.03. The average molecular weight is 457 g/mol. The molecule has 0 saturated carbocycles. The van der Waals surface area contributed by atoms with Gasteiger partial charge in [-0.2, -0.15) is 0 Å². The van der Waals surface area contributed by atoms with Crippen LogP contribution in [0.3, 0.4) is 0 Å². The molecule has 0 aliphatic carbocycles. The summed E-state index contributed by atoms with van der Waals surface area (Å²) in [5, 5.41) is 0. The molecule has 2 aliphatic rings. The topological polar surface area (TPSA) is 145 Å². The van der Waals surface area contributed by atoms with Gasteiger partial charge in [-0.15, -0.1) is 0 Å². The van der Waals surface area contributed by atoms with Crippen molar-refractivity contribution in [1.29, 1.82) is 0 Å². The van der Waals surface area contributed by atoms with Crippen LogP contribution in [0.1, 0.15) is 27.7 Å². The predicted molar refractivity (Wildman–Crippen MR) is 105 cm³/mol. The van der Waals surface area contributed by atoms with E-state index in [-0.39, 0.29) is 18.3 Å². The van der Waals surface area contributed by atoms with Crippen molar-refractivity contribution < 1.29 is 52.3 Å². The van der Waals surface area contributed by atoms with Gasteiger partial charge in [0.15, 0.2) is 29.8 Å². The van der Waals surface area contributed by atoms with Crippen LogP contribution in [0, 0.1) is 0 Å². The van der Waals surface area contributed by atoms with E-state index in [0.29, 0.717) is 0 Å². The Bertz CT molecular complexity index is 820. The highest BCUT2D eigenvalue weighted by atomic mass is 16.6. The van der Waals surface area contributed by atoms with Crippen molar-refractivity contribution in [2.45, 2.75) is 57.6 Å². The fraction of sp³-hybridized carbons (Fsp3) is 0.650. The summed E-state index contributed by atoms with van der Waals surface area (Å²) in [6.45, 7) is 4.59. The molecular weight excluding hydrogens is 430 g/mol. The summed E-state index contributed by atoms with van der Waals surface area (Å²) in [6, 6.07) is -0.865. The van der Waals surface area contributed by atoms with Crippen molar-refractivity contribution in [2.24, 2.45) is 4.99 Å². The molecule has 0 fully saturated rings. The molecule has 0 unspecified atom stereocenters. The summed E-state index contributed by atoms with van der Waals surface area (Å²) in [7, 11) is 2.60. The molecule has 0 saturated heterocycles. The normalized spacial score (nSPS) is 25.6. The van der Waals surface area contributed by atoms with Crippen molar-refractivity contribution in [2.75, 3.05) is 27.4 Å². The second-order valence-corrected chi connectivity index (χ2v) is 7.19. The third-order valence-corrected chi connectivity index (χ3v) is 4.63. The number of methoxy groups -OCH3 is 2. The first kappa shape index (κ1) is 25.1. The molecule has 2 aliphatic heterocycles. The number of nitrogens with zero attached hydrogens (tertiary/aromatic N) is 1. The third kappa shape index (κ3) is 5.75. The molecular formula is C20H27NO11. The lowest BCUT2D eigenvalue weighted by Crippen LogP contribution is -2.60. The van der Waals surface area contributed by atoms with E-state index in [2.05, 4.69) is 4.99 Å². The highest BCUT2D eigenvalue weighted by Gasteiger charge is 2.58. The molecule has 0 aromatic carbocycles. The van der Waals surface area contributed by atoms with Crippen LogP contribution in [0.25, 0.3) is 0 Å². The van der Waals surface area contributed by atoms with Gasteiger partial charge in [-0.1, -0.05) is 0 Å². The number of fused-ring (bicyclic) bond motifs is 1. The van der Waals surface area contributed by atoms with Crippen LogP contribution in [0.2, 0.25) is 0 Å². The van der Waals surface area contributed by atoms with E-state index in [1.807, 2.05) is 0 Å². The molecule has 2 rings (SSSR count). The zero-order valence-electron chi connectivity index (χ0n) is 18.7. The molecule has 0 aromatic heterocycles. The van der Waals surface area contributed by atoms with Crippen molar-refractivity contribution >= 4 is 29.8 Å². The Labute approximate surface area is 184 Å². The van der Waals surface area contributed by atoms with Gasteiger partial charge in [-0.3, -0.25) is 14.4 Å². The first-order valence-corrected chi connectivity index (χ1v) is 9.71. The molecule has 0 bridgehead atoms. The van der Waals surface area contributed by atoms with Crippen LogP contribution in [-0.4, -0.2) is 87.2 Å². The minimum atomic E-state index is -1.33. The number of hydrogen-bond donors (Lipinski definition) is 0. The lowest BCUT2D eigenvalue weighted by molar-refractivity contribution is -0.191. The second kappa shape index (κ2) is 10.4. The number of rotatable bonds is 9. The molecule has 12 heteroatoms. The van der Waals surface area contributed by atoms with Crippen molar-refractivity contribution in [3.63, 3.8) is 0 Å². The SMILES string of the molecule is COC[C@@]12C=C(C(=O)OC)O[C@@H]([C@H](OC(C)=O)[C@@H](COC(C)=O)OC(C)=O)[C@@H]1N=C(C)O2. The van der Waals surface area contributed by atoms with Gasteiger partial charge in [0.25, 0.3) is 0 Å². The Hall–Kier alpha value is -3.15. The van der Waals surface area contributed by atoms with Crippen LogP contribution >= 0.6 is 0 Å². The first-order valence-electron chi connectivity index (χ1n) is 9.71. The van der Waals surface area contributed by atoms with Crippen LogP contribution < -0.4 is 0 Å². The fourth-order valence-corrected chi connectivity index (χ4v) is 3.59. The Morgan fingerprint density at radius 2 is 1.75 bits per heavy atom. The number of hydrogen-bond acceptors (Lipinski definition) is 12. The van der Waals surface area contributed by atoms with Crippen LogP contribution in [-0.2, 0) is 52.3 Å². The number of ether oxygens (including phenoxy) is 7. The van der Waals surface area contributed by atoms with Gasteiger partial charge in [0.2, 0.25) is 5.76 Å². The van der Waals surface area contributed by atoms with E-state index in [9.17, 15) is 19.2 Å². The maximum Gasteiger partial charge on any atom is 0.373 e. The van der Waals surface area contributed by atoms with E-state index in [4.69, 9.17) is 33.2 Å². The standard InChI is InChI=1S/C20H27NO11/c1-10-21-18-17(31-14(19(25)27-6)7-20(18,32-10)9-26-5)16(30-13(4)24)15(29-12(3)23)8-28-11(2)22/h7,15-18H,8-9H2,1-6H3/t15-,16-,17+,18+,20+/m1/s1. The highest BCUT2D eigenvalue weighted by molar-refractivity contribution is 5.87. The molecule has 2 heterocycles. The number of aliphatic imine (C=N–C) groups is 1. The van der Waals surface area contributed by atoms with E-state index < -0.39 is 60.4 Å². The van der Waals surface area contributed by atoms with Gasteiger partial charge in [-0.05, 0) is 0 Å². The van der Waals surface area contributed by atoms with E-state index >= 15 is 0 Å². The minimum Gasteiger partial charge on any atom is -0.477 e. The summed E-state index contributed by atoms with van der Waals surface area (Å²) >= 11 is 0. The number of esters is 4. The molecule has 0 N–H and O–H groups in total. The Kier molecular flexibility index (Phi) is 8.19. The zero-order valence-corrected chi connectivity index (χ0v) is 18.7. The van der Waals surface area contributed by atoms with Gasteiger partial charge in [-0.25, -0.2) is 9.79 Å². The van der Waals surface area contributed by atoms with Gasteiger partial charge in [0, 0.05) is 40.9 Å². The minimum absolute atomic E-state index is 0.0339. The molecule has 32 heavy (non-hydrogen) atoms. The smallest absolute Gasteiger partial charge is 0.373 e. The van der Waals surface area contributed by atoms with Gasteiger partial charge in [0.05, 0.1) is 13.7 Å². The number of carbonyl (C=O) groups is 4. The molecule has 0 radical (unpaired) electrons. The van der Waals surface area contributed by atoms with Crippen molar-refractivity contribution in [3.8, 4) is 0 Å². The maximum atomic E-state index is 12.3. The van der Waals surface area contributed by atoms with E-state index in [1.165, 1.54) is 27.2 Å². The van der Waals surface area contributed by atoms with E-state index in [0.717, 1.165) is 13.8 Å². The third-order valence-electron chi connectivity index (χ3n) is 4.63. The monoisotopic (exact) mass is 457 g/mol. The Balaban J connectivity index is 2.57. The second-order valence-electron chi connectivity index (χ2n) is 7.19. The largest absolute Gasteiger partial charge is 0.477 e. The first-order chi connectivity index (χ1) is 15.0. The van der Waals surface area contributed by atoms with Crippen molar-refractivity contribution in [3.05, 3.63) is 11.8 Å². The molecule has 12 nitrogen and oxygen atoms in total. The molecule has 0 aromatic rings. The summed E-state index contributed by atoms with van der Waals surface area (Å²) < 4.78 is 37.5. The quantitative estimate of drug-likeness (QED) is 0.342. The van der Waals surface area contributed by atoms with Crippen LogP contribution in [0.4, 0.5) is 0 Å². The maximum absolute atomic E-state index is 12.3. The van der Waals surface area contributed by atoms with Crippen LogP contribution in [0.15, 0.2) is 16.8 Å². The number of carbonyl (C=O) groups excluding carboxylic acids is 4. The van der Waals surface area contributed by atoms with Gasteiger partial charge in [0.1, 0.15) is 12.6 Å². The molecule has 178 valence electrons. The lowest BCUT2D eigenvalue weighted by Gasteiger charge is -2.42. The Morgan fingerprint density at radius 1 is 1.09 bits per heavy atom.